The van der Waals surface area contributed by atoms with Gasteiger partial charge in [0, 0.05) is 23.3 Å². The zero-order valence-electron chi connectivity index (χ0n) is 14.6. The van der Waals surface area contributed by atoms with Gasteiger partial charge in [-0.3, -0.25) is 9.36 Å². The van der Waals surface area contributed by atoms with Gasteiger partial charge in [-0.25, -0.2) is 4.98 Å². The SMILES string of the molecule is CC1(C)CC(NC(=O)c2ccc(-n3cnnc3)nc2)CC(C)(C)N1. The molecule has 3 heterocycles. The van der Waals surface area contributed by atoms with E-state index in [4.69, 9.17) is 0 Å². The highest BCUT2D eigenvalue weighted by Gasteiger charge is 2.38. The van der Waals surface area contributed by atoms with Crippen molar-refractivity contribution in [2.45, 2.75) is 57.7 Å². The number of carbonyl (C=O) groups excluding carboxylic acids is 1. The van der Waals surface area contributed by atoms with Crippen molar-refractivity contribution in [1.82, 2.24) is 30.4 Å². The predicted molar refractivity (Wildman–Crippen MR) is 90.9 cm³/mol. The molecule has 3 rings (SSSR count). The van der Waals surface area contributed by atoms with Crippen molar-refractivity contribution in [3.05, 3.63) is 36.5 Å². The molecular weight excluding hydrogens is 304 g/mol. The standard InChI is InChI=1S/C17H24N6O/c1-16(2)7-13(8-17(3,4)22-16)21-15(24)12-5-6-14(18-9-12)23-10-19-20-11-23/h5-6,9-11,13,22H,7-8H2,1-4H3,(H,21,24). The summed E-state index contributed by atoms with van der Waals surface area (Å²) in [7, 11) is 0. The third kappa shape index (κ3) is 3.79. The Kier molecular flexibility index (Phi) is 4.13. The van der Waals surface area contributed by atoms with E-state index in [1.54, 1.807) is 35.6 Å². The minimum absolute atomic E-state index is 0.00374. The van der Waals surface area contributed by atoms with Gasteiger partial charge < -0.3 is 10.6 Å². The molecule has 7 nitrogen and oxygen atoms in total. The summed E-state index contributed by atoms with van der Waals surface area (Å²) in [6.07, 6.45) is 6.52. The molecule has 1 saturated heterocycles. The van der Waals surface area contributed by atoms with E-state index in [9.17, 15) is 4.79 Å². The molecule has 0 aliphatic carbocycles. The summed E-state index contributed by atoms with van der Waals surface area (Å²) < 4.78 is 1.69. The summed E-state index contributed by atoms with van der Waals surface area (Å²) in [6, 6.07) is 3.70. The second kappa shape index (κ2) is 5.98. The van der Waals surface area contributed by atoms with Gasteiger partial charge >= 0.3 is 0 Å². The van der Waals surface area contributed by atoms with Gasteiger partial charge in [0.2, 0.25) is 0 Å². The fraction of sp³-hybridized carbons (Fsp3) is 0.529. The molecule has 0 bridgehead atoms. The molecule has 24 heavy (non-hydrogen) atoms. The van der Waals surface area contributed by atoms with E-state index in [-0.39, 0.29) is 23.0 Å². The minimum atomic E-state index is -0.0868. The Hall–Kier alpha value is -2.28. The Balaban J connectivity index is 1.68. The van der Waals surface area contributed by atoms with Crippen LogP contribution in [0.4, 0.5) is 0 Å². The lowest BCUT2D eigenvalue weighted by atomic mass is 9.79. The van der Waals surface area contributed by atoms with E-state index in [1.807, 2.05) is 0 Å². The number of piperidine rings is 1. The van der Waals surface area contributed by atoms with Crippen LogP contribution in [0, 0.1) is 0 Å². The van der Waals surface area contributed by atoms with Crippen LogP contribution >= 0.6 is 0 Å². The van der Waals surface area contributed by atoms with Crippen LogP contribution in [-0.2, 0) is 0 Å². The molecule has 0 atom stereocenters. The highest BCUT2D eigenvalue weighted by atomic mass is 16.1. The lowest BCUT2D eigenvalue weighted by molar-refractivity contribution is 0.0873. The first-order valence-corrected chi connectivity index (χ1v) is 8.15. The van der Waals surface area contributed by atoms with Crippen molar-refractivity contribution >= 4 is 5.91 Å². The van der Waals surface area contributed by atoms with Crippen molar-refractivity contribution in [3.63, 3.8) is 0 Å². The molecule has 0 spiro atoms. The van der Waals surface area contributed by atoms with Gasteiger partial charge in [-0.2, -0.15) is 0 Å². The number of carbonyl (C=O) groups is 1. The molecule has 128 valence electrons. The largest absolute Gasteiger partial charge is 0.349 e. The van der Waals surface area contributed by atoms with Gasteiger partial charge in [0.05, 0.1) is 5.56 Å². The lowest BCUT2D eigenvalue weighted by Gasteiger charge is -2.46. The smallest absolute Gasteiger partial charge is 0.253 e. The number of hydrogen-bond donors (Lipinski definition) is 2. The van der Waals surface area contributed by atoms with Gasteiger partial charge in [0.15, 0.2) is 0 Å². The van der Waals surface area contributed by atoms with Crippen molar-refractivity contribution in [2.75, 3.05) is 0 Å². The fourth-order valence-corrected chi connectivity index (χ4v) is 3.69. The number of hydrogen-bond acceptors (Lipinski definition) is 5. The van der Waals surface area contributed by atoms with Crippen molar-refractivity contribution in [2.24, 2.45) is 0 Å². The van der Waals surface area contributed by atoms with E-state index in [0.717, 1.165) is 12.8 Å². The average molecular weight is 328 g/mol. The van der Waals surface area contributed by atoms with Crippen LogP contribution in [0.15, 0.2) is 31.0 Å². The molecule has 1 amide bonds. The summed E-state index contributed by atoms with van der Waals surface area (Å²) in [6.45, 7) is 8.68. The number of pyridine rings is 1. The van der Waals surface area contributed by atoms with Crippen molar-refractivity contribution in [1.29, 1.82) is 0 Å². The van der Waals surface area contributed by atoms with E-state index in [1.165, 1.54) is 0 Å². The van der Waals surface area contributed by atoms with E-state index >= 15 is 0 Å². The van der Waals surface area contributed by atoms with Crippen LogP contribution < -0.4 is 10.6 Å². The zero-order valence-corrected chi connectivity index (χ0v) is 14.6. The van der Waals surface area contributed by atoms with Crippen LogP contribution in [0.3, 0.4) is 0 Å². The second-order valence-electron chi connectivity index (χ2n) is 7.75. The number of nitrogens with zero attached hydrogens (tertiary/aromatic N) is 4. The fourth-order valence-electron chi connectivity index (χ4n) is 3.69. The minimum Gasteiger partial charge on any atom is -0.349 e. The summed E-state index contributed by atoms with van der Waals surface area (Å²) in [4.78, 5) is 16.8. The molecule has 2 N–H and O–H groups in total. The Morgan fingerprint density at radius 2 is 1.79 bits per heavy atom. The third-order valence-electron chi connectivity index (χ3n) is 4.22. The summed E-state index contributed by atoms with van der Waals surface area (Å²) in [5, 5.41) is 14.3. The van der Waals surface area contributed by atoms with Crippen LogP contribution in [0.1, 0.15) is 50.9 Å². The van der Waals surface area contributed by atoms with Crippen molar-refractivity contribution < 1.29 is 4.79 Å². The number of amides is 1. The summed E-state index contributed by atoms with van der Waals surface area (Å²) >= 11 is 0. The number of aromatic nitrogens is 4. The molecule has 0 saturated carbocycles. The van der Waals surface area contributed by atoms with E-state index < -0.39 is 0 Å². The van der Waals surface area contributed by atoms with Gasteiger partial charge in [-0.15, -0.1) is 10.2 Å². The Bertz CT molecular complexity index is 689. The van der Waals surface area contributed by atoms with Gasteiger partial charge in [0.25, 0.3) is 5.91 Å². The number of rotatable bonds is 3. The molecule has 1 aliphatic rings. The van der Waals surface area contributed by atoms with Gasteiger partial charge in [0.1, 0.15) is 18.5 Å². The molecule has 0 aromatic carbocycles. The molecule has 2 aromatic rings. The maximum absolute atomic E-state index is 12.5. The lowest BCUT2D eigenvalue weighted by Crippen LogP contribution is -2.62. The Labute approximate surface area is 141 Å². The van der Waals surface area contributed by atoms with Gasteiger partial charge in [-0.1, -0.05) is 0 Å². The molecular formula is C17H24N6O. The monoisotopic (exact) mass is 328 g/mol. The Morgan fingerprint density at radius 3 is 2.33 bits per heavy atom. The maximum atomic E-state index is 12.5. The number of nitrogens with one attached hydrogen (secondary N) is 2. The second-order valence-corrected chi connectivity index (χ2v) is 7.75. The molecule has 2 aromatic heterocycles. The first kappa shape index (κ1) is 16.6. The summed E-state index contributed by atoms with van der Waals surface area (Å²) in [5.41, 5.74) is 0.549. The van der Waals surface area contributed by atoms with E-state index in [0.29, 0.717) is 11.4 Å². The van der Waals surface area contributed by atoms with Crippen LogP contribution in [0.5, 0.6) is 0 Å². The predicted octanol–water partition coefficient (Wildman–Crippen LogP) is 1.70. The Morgan fingerprint density at radius 1 is 1.17 bits per heavy atom. The first-order valence-electron chi connectivity index (χ1n) is 8.15. The maximum Gasteiger partial charge on any atom is 0.253 e. The average Bonchev–Trinajstić information content (AvgIpc) is 2.98. The highest BCUT2D eigenvalue weighted by Crippen LogP contribution is 2.28. The van der Waals surface area contributed by atoms with Crippen LogP contribution in [0.25, 0.3) is 5.82 Å². The molecule has 1 fully saturated rings. The van der Waals surface area contributed by atoms with Gasteiger partial charge in [-0.05, 0) is 52.7 Å². The van der Waals surface area contributed by atoms with Crippen molar-refractivity contribution in [3.8, 4) is 5.82 Å². The summed E-state index contributed by atoms with van der Waals surface area (Å²) in [5.74, 6) is 0.594. The molecule has 1 aliphatic heterocycles. The highest BCUT2D eigenvalue weighted by molar-refractivity contribution is 5.94. The quantitative estimate of drug-likeness (QED) is 0.896. The van der Waals surface area contributed by atoms with E-state index in [2.05, 4.69) is 53.5 Å². The first-order chi connectivity index (χ1) is 11.2. The normalized spacial score (nSPS) is 19.8. The molecule has 0 radical (unpaired) electrons. The molecule has 7 heteroatoms. The van der Waals surface area contributed by atoms with Crippen LogP contribution in [-0.4, -0.2) is 42.8 Å². The van der Waals surface area contributed by atoms with Crippen LogP contribution in [0.2, 0.25) is 0 Å². The topological polar surface area (TPSA) is 84.7 Å². The third-order valence-corrected chi connectivity index (χ3v) is 4.22. The molecule has 0 unspecified atom stereocenters. The zero-order chi connectivity index (χ0) is 17.4.